The molecule has 3 nitrogen and oxygen atoms in total. The van der Waals surface area contributed by atoms with Gasteiger partial charge in [-0.3, -0.25) is 0 Å². The first-order valence-corrected chi connectivity index (χ1v) is 9.46. The zero-order valence-electron chi connectivity index (χ0n) is 14.7. The molecule has 0 heterocycles. The quantitative estimate of drug-likeness (QED) is 0.258. The van der Waals surface area contributed by atoms with Crippen molar-refractivity contribution < 1.29 is 9.13 Å². The van der Waals surface area contributed by atoms with Crippen LogP contribution in [0.2, 0.25) is 0 Å². The summed E-state index contributed by atoms with van der Waals surface area (Å²) in [7, 11) is 0. The van der Waals surface area contributed by atoms with E-state index < -0.39 is 0 Å². The van der Waals surface area contributed by atoms with Crippen LogP contribution in [-0.4, -0.2) is 0 Å². The molecule has 0 saturated heterocycles. The number of rotatable bonds is 5. The van der Waals surface area contributed by atoms with Gasteiger partial charge in [-0.05, 0) is 70.1 Å². The highest BCUT2D eigenvalue weighted by molar-refractivity contribution is 14.1. The van der Waals surface area contributed by atoms with E-state index in [1.165, 1.54) is 12.1 Å². The summed E-state index contributed by atoms with van der Waals surface area (Å²) in [5.41, 5.74) is 3.14. The van der Waals surface area contributed by atoms with E-state index in [-0.39, 0.29) is 5.82 Å². The van der Waals surface area contributed by atoms with Crippen LogP contribution in [0.15, 0.2) is 66.7 Å². The molecule has 3 rings (SSSR count). The van der Waals surface area contributed by atoms with Gasteiger partial charge in [0.05, 0.1) is 26.8 Å². The Labute approximate surface area is 176 Å². The monoisotopic (exact) mass is 480 g/mol. The van der Waals surface area contributed by atoms with Gasteiger partial charge in [-0.15, -0.1) is 0 Å². The van der Waals surface area contributed by atoms with Crippen molar-refractivity contribution in [3.05, 3.63) is 98.4 Å². The lowest BCUT2D eigenvalue weighted by Crippen LogP contribution is -1.99. The van der Waals surface area contributed by atoms with E-state index in [2.05, 4.69) is 34.7 Å². The van der Waals surface area contributed by atoms with Gasteiger partial charge in [0.15, 0.2) is 0 Å². The highest BCUT2D eigenvalue weighted by Gasteiger charge is 2.07. The maximum absolute atomic E-state index is 13.4. The van der Waals surface area contributed by atoms with Gasteiger partial charge in [0.1, 0.15) is 18.2 Å². The Morgan fingerprint density at radius 3 is 2.57 bits per heavy atom. The first-order valence-electron chi connectivity index (χ1n) is 8.39. The molecule has 0 amide bonds. The van der Waals surface area contributed by atoms with Crippen molar-refractivity contribution in [2.24, 2.45) is 0 Å². The van der Waals surface area contributed by atoms with Gasteiger partial charge in [0, 0.05) is 5.56 Å². The normalized spacial score (nSPS) is 10.8. The lowest BCUT2D eigenvalue weighted by molar-refractivity contribution is 0.303. The van der Waals surface area contributed by atoms with Gasteiger partial charge in [-0.25, -0.2) is 4.39 Å². The van der Waals surface area contributed by atoms with Crippen LogP contribution in [0.4, 0.5) is 4.39 Å². The van der Waals surface area contributed by atoms with E-state index in [4.69, 9.17) is 10.00 Å². The third-order valence-electron chi connectivity index (χ3n) is 4.04. The van der Waals surface area contributed by atoms with Gasteiger partial charge >= 0.3 is 0 Å². The first kappa shape index (κ1) is 19.6. The van der Waals surface area contributed by atoms with Crippen molar-refractivity contribution in [3.63, 3.8) is 0 Å². The Morgan fingerprint density at radius 2 is 1.86 bits per heavy atom. The zero-order valence-corrected chi connectivity index (χ0v) is 16.9. The Kier molecular flexibility index (Phi) is 6.41. The largest absolute Gasteiger partial charge is 0.488 e. The highest BCUT2D eigenvalue weighted by atomic mass is 127. The number of allylic oxidation sites excluding steroid dienone is 1. The standard InChI is InChI=1S/C23H14FIN2O/c24-21-7-3-6-17(12-21)20(14-27)10-16-8-9-23(22(25)11-16)28-15-19-5-2-1-4-18(19)13-26/h1-12H,15H2/b20-10-. The zero-order chi connectivity index (χ0) is 19.9. The van der Waals surface area contributed by atoms with Gasteiger partial charge in [-0.2, -0.15) is 10.5 Å². The van der Waals surface area contributed by atoms with Crippen molar-refractivity contribution in [2.45, 2.75) is 6.61 Å². The fourth-order valence-electron chi connectivity index (χ4n) is 2.64. The molecular formula is C23H14FIN2O. The molecule has 0 aliphatic rings. The average molecular weight is 480 g/mol. The van der Waals surface area contributed by atoms with Crippen LogP contribution < -0.4 is 4.74 Å². The number of nitrogens with zero attached hydrogens (tertiary/aromatic N) is 2. The molecule has 0 saturated carbocycles. The summed E-state index contributed by atoms with van der Waals surface area (Å²) in [6.45, 7) is 0.293. The molecule has 0 N–H and O–H groups in total. The van der Waals surface area contributed by atoms with E-state index in [1.807, 2.05) is 36.4 Å². The fourth-order valence-corrected chi connectivity index (χ4v) is 3.33. The molecule has 0 aromatic heterocycles. The summed E-state index contributed by atoms with van der Waals surface area (Å²) < 4.78 is 20.2. The predicted molar refractivity (Wildman–Crippen MR) is 115 cm³/mol. The lowest BCUT2D eigenvalue weighted by Gasteiger charge is -2.10. The van der Waals surface area contributed by atoms with Gasteiger partial charge in [0.2, 0.25) is 0 Å². The maximum atomic E-state index is 13.4. The minimum Gasteiger partial charge on any atom is -0.488 e. The van der Waals surface area contributed by atoms with Crippen LogP contribution in [0, 0.1) is 32.0 Å². The molecule has 3 aromatic carbocycles. The number of benzene rings is 3. The molecule has 0 aliphatic carbocycles. The van der Waals surface area contributed by atoms with Crippen LogP contribution in [0.25, 0.3) is 11.6 Å². The third kappa shape index (κ3) is 4.76. The molecule has 0 atom stereocenters. The Bertz CT molecular complexity index is 1130. The van der Waals surface area contributed by atoms with Crippen molar-refractivity contribution in [1.29, 1.82) is 10.5 Å². The van der Waals surface area contributed by atoms with Crippen molar-refractivity contribution in [3.8, 4) is 17.9 Å². The van der Waals surface area contributed by atoms with Crippen LogP contribution in [0.1, 0.15) is 22.3 Å². The molecule has 0 aliphatic heterocycles. The maximum Gasteiger partial charge on any atom is 0.133 e. The topological polar surface area (TPSA) is 56.8 Å². The highest BCUT2D eigenvalue weighted by Crippen LogP contribution is 2.26. The minimum absolute atomic E-state index is 0.293. The van der Waals surface area contributed by atoms with Crippen LogP contribution in [0.5, 0.6) is 5.75 Å². The first-order chi connectivity index (χ1) is 13.6. The minimum atomic E-state index is -0.380. The van der Waals surface area contributed by atoms with E-state index in [1.54, 1.807) is 24.3 Å². The SMILES string of the molecule is N#C/C(=C/c1ccc(OCc2ccccc2C#N)c(I)c1)c1cccc(F)c1. The van der Waals surface area contributed by atoms with E-state index >= 15 is 0 Å². The second-order valence-corrected chi connectivity index (χ2v) is 7.09. The van der Waals surface area contributed by atoms with E-state index in [0.717, 1.165) is 14.7 Å². The summed E-state index contributed by atoms with van der Waals surface area (Å²) in [5, 5.41) is 18.6. The second kappa shape index (κ2) is 9.16. The second-order valence-electron chi connectivity index (χ2n) is 5.93. The van der Waals surface area contributed by atoms with Gasteiger partial charge < -0.3 is 4.74 Å². The summed E-state index contributed by atoms with van der Waals surface area (Å²) in [5.74, 6) is 0.310. The lowest BCUT2D eigenvalue weighted by atomic mass is 10.0. The molecule has 0 bridgehead atoms. The summed E-state index contributed by atoms with van der Waals surface area (Å²) in [4.78, 5) is 0. The Morgan fingerprint density at radius 1 is 1.04 bits per heavy atom. The number of hydrogen-bond donors (Lipinski definition) is 0. The van der Waals surface area contributed by atoms with E-state index in [9.17, 15) is 9.65 Å². The summed E-state index contributed by atoms with van der Waals surface area (Å²) >= 11 is 2.16. The smallest absolute Gasteiger partial charge is 0.133 e. The van der Waals surface area contributed by atoms with Gasteiger partial charge in [-0.1, -0.05) is 36.4 Å². The molecule has 0 unspecified atom stereocenters. The Balaban J connectivity index is 1.80. The Hall–Kier alpha value is -3.16. The fraction of sp³-hybridized carbons (Fsp3) is 0.0435. The summed E-state index contributed by atoms with van der Waals surface area (Å²) in [6.07, 6.45) is 1.71. The molecule has 5 heteroatoms. The van der Waals surface area contributed by atoms with Crippen molar-refractivity contribution >= 4 is 34.2 Å². The molecule has 136 valence electrons. The molecule has 0 radical (unpaired) electrons. The molecular weight excluding hydrogens is 466 g/mol. The number of hydrogen-bond acceptors (Lipinski definition) is 3. The molecule has 3 aromatic rings. The number of halogens is 2. The predicted octanol–water partition coefficient (Wildman–Crippen LogP) is 5.95. The average Bonchev–Trinajstić information content (AvgIpc) is 2.71. The van der Waals surface area contributed by atoms with Gasteiger partial charge in [0.25, 0.3) is 0 Å². The van der Waals surface area contributed by atoms with Crippen LogP contribution in [-0.2, 0) is 6.61 Å². The van der Waals surface area contributed by atoms with Crippen molar-refractivity contribution in [1.82, 2.24) is 0 Å². The number of nitriles is 2. The third-order valence-corrected chi connectivity index (χ3v) is 4.89. The van der Waals surface area contributed by atoms with Crippen molar-refractivity contribution in [2.75, 3.05) is 0 Å². The van der Waals surface area contributed by atoms with Crippen LogP contribution in [0.3, 0.4) is 0 Å². The molecule has 28 heavy (non-hydrogen) atoms. The van der Waals surface area contributed by atoms with Crippen LogP contribution >= 0.6 is 22.6 Å². The summed E-state index contributed by atoms with van der Waals surface area (Å²) in [6, 6.07) is 23.1. The number of ether oxygens (including phenoxy) is 1. The molecule has 0 fully saturated rings. The van der Waals surface area contributed by atoms with E-state index in [0.29, 0.717) is 29.1 Å². The molecule has 0 spiro atoms.